The average molecular weight is 354 g/mol. The molecule has 1 aromatic heterocycles. The molecule has 5 nitrogen and oxygen atoms in total. The van der Waals surface area contributed by atoms with Gasteiger partial charge in [0.15, 0.2) is 0 Å². The highest BCUT2D eigenvalue weighted by Gasteiger charge is 2.15. The van der Waals surface area contributed by atoms with Crippen molar-refractivity contribution < 1.29 is 9.50 Å². The van der Waals surface area contributed by atoms with Gasteiger partial charge in [-0.25, -0.2) is 4.39 Å². The van der Waals surface area contributed by atoms with Gasteiger partial charge in [0.2, 0.25) is 0 Å². The summed E-state index contributed by atoms with van der Waals surface area (Å²) in [6.07, 6.45) is 0.820. The first-order chi connectivity index (χ1) is 12.7. The molecule has 0 radical (unpaired) electrons. The predicted molar refractivity (Wildman–Crippen MR) is 99.0 cm³/mol. The molecule has 0 aliphatic heterocycles. The molecular weight excluding hydrogens is 331 g/mol. The molecule has 1 heterocycles. The molecule has 0 spiro atoms. The summed E-state index contributed by atoms with van der Waals surface area (Å²) in [6, 6.07) is 16.4. The highest BCUT2D eigenvalue weighted by Crippen LogP contribution is 2.20. The molecule has 2 aromatic carbocycles. The summed E-state index contributed by atoms with van der Waals surface area (Å²) in [5, 5.41) is 21.8. The minimum Gasteiger partial charge on any atom is -0.395 e. The van der Waals surface area contributed by atoms with Crippen molar-refractivity contribution >= 4 is 0 Å². The third-order valence-corrected chi connectivity index (χ3v) is 4.31. The summed E-state index contributed by atoms with van der Waals surface area (Å²) >= 11 is 0. The van der Waals surface area contributed by atoms with Gasteiger partial charge in [-0.1, -0.05) is 55.5 Å². The third-order valence-electron chi connectivity index (χ3n) is 4.31. The Morgan fingerprint density at radius 1 is 1.08 bits per heavy atom. The van der Waals surface area contributed by atoms with Gasteiger partial charge in [-0.3, -0.25) is 0 Å². The molecule has 3 aromatic rings. The zero-order chi connectivity index (χ0) is 18.4. The summed E-state index contributed by atoms with van der Waals surface area (Å²) in [6.45, 7) is 2.84. The first kappa shape index (κ1) is 18.2. The van der Waals surface area contributed by atoms with E-state index in [0.29, 0.717) is 12.1 Å². The number of hydrogen-bond acceptors (Lipinski definition) is 4. The number of nitrogens with one attached hydrogen (secondary N) is 1. The van der Waals surface area contributed by atoms with Crippen molar-refractivity contribution in [3.63, 3.8) is 0 Å². The fourth-order valence-corrected chi connectivity index (χ4v) is 2.75. The second kappa shape index (κ2) is 8.69. The van der Waals surface area contributed by atoms with Gasteiger partial charge in [0, 0.05) is 23.7 Å². The number of rotatable bonds is 8. The van der Waals surface area contributed by atoms with Crippen LogP contribution in [0.25, 0.3) is 11.3 Å². The molecule has 0 saturated heterocycles. The van der Waals surface area contributed by atoms with Crippen LogP contribution in [0.5, 0.6) is 0 Å². The molecule has 0 unspecified atom stereocenters. The van der Waals surface area contributed by atoms with E-state index in [1.807, 2.05) is 37.3 Å². The molecule has 6 heteroatoms. The van der Waals surface area contributed by atoms with Crippen molar-refractivity contribution in [3.8, 4) is 11.3 Å². The quantitative estimate of drug-likeness (QED) is 0.653. The van der Waals surface area contributed by atoms with Crippen LogP contribution in [-0.4, -0.2) is 32.7 Å². The van der Waals surface area contributed by atoms with Crippen LogP contribution >= 0.6 is 0 Å². The molecule has 3 rings (SSSR count). The Balaban J connectivity index is 1.88. The maximum Gasteiger partial charge on any atom is 0.128 e. The Hall–Kier alpha value is -2.57. The van der Waals surface area contributed by atoms with Crippen LogP contribution in [0.2, 0.25) is 0 Å². The number of benzene rings is 2. The van der Waals surface area contributed by atoms with E-state index in [1.165, 1.54) is 10.9 Å². The molecule has 2 N–H and O–H groups in total. The fourth-order valence-electron chi connectivity index (χ4n) is 2.75. The molecule has 0 fully saturated rings. The topological polar surface area (TPSA) is 63.0 Å². The number of aliphatic hydroxyl groups is 1. The van der Waals surface area contributed by atoms with Gasteiger partial charge >= 0.3 is 0 Å². The Morgan fingerprint density at radius 2 is 1.81 bits per heavy atom. The monoisotopic (exact) mass is 354 g/mol. The van der Waals surface area contributed by atoms with E-state index in [0.717, 1.165) is 23.4 Å². The Bertz CT molecular complexity index is 831. The van der Waals surface area contributed by atoms with Gasteiger partial charge in [0.05, 0.1) is 13.2 Å². The van der Waals surface area contributed by atoms with Crippen molar-refractivity contribution in [2.45, 2.75) is 32.5 Å². The molecule has 0 saturated carbocycles. The van der Waals surface area contributed by atoms with Crippen LogP contribution in [-0.2, 0) is 13.1 Å². The normalized spacial score (nSPS) is 12.3. The van der Waals surface area contributed by atoms with Crippen molar-refractivity contribution in [1.82, 2.24) is 20.3 Å². The third kappa shape index (κ3) is 4.33. The number of hydrogen-bond donors (Lipinski definition) is 2. The minimum atomic E-state index is -0.267. The summed E-state index contributed by atoms with van der Waals surface area (Å²) in [4.78, 5) is 1.53. The minimum absolute atomic E-state index is 0.00958. The lowest BCUT2D eigenvalue weighted by atomic mass is 10.1. The predicted octanol–water partition coefficient (Wildman–Crippen LogP) is 2.99. The SMILES string of the molecule is CC[C@H](CO)NCc1nn(Cc2ccccc2F)nc1-c1ccccc1. The molecule has 0 aliphatic rings. The largest absolute Gasteiger partial charge is 0.395 e. The second-order valence-electron chi connectivity index (χ2n) is 6.15. The lowest BCUT2D eigenvalue weighted by Gasteiger charge is -2.12. The van der Waals surface area contributed by atoms with E-state index in [9.17, 15) is 9.50 Å². The van der Waals surface area contributed by atoms with Crippen LogP contribution in [0.1, 0.15) is 24.6 Å². The zero-order valence-electron chi connectivity index (χ0n) is 14.8. The maximum atomic E-state index is 13.9. The number of nitrogens with zero attached hydrogens (tertiary/aromatic N) is 3. The highest BCUT2D eigenvalue weighted by atomic mass is 19.1. The molecule has 136 valence electrons. The summed E-state index contributed by atoms with van der Waals surface area (Å²) < 4.78 is 13.9. The Kier molecular flexibility index (Phi) is 6.09. The molecule has 0 aliphatic carbocycles. The van der Waals surface area contributed by atoms with Crippen molar-refractivity contribution in [1.29, 1.82) is 0 Å². The van der Waals surface area contributed by atoms with Crippen LogP contribution < -0.4 is 5.32 Å². The van der Waals surface area contributed by atoms with Crippen LogP contribution in [0, 0.1) is 5.82 Å². The smallest absolute Gasteiger partial charge is 0.128 e. The summed E-state index contributed by atoms with van der Waals surface area (Å²) in [7, 11) is 0. The first-order valence-electron chi connectivity index (χ1n) is 8.78. The van der Waals surface area contributed by atoms with Crippen molar-refractivity contribution in [2.75, 3.05) is 6.61 Å². The van der Waals surface area contributed by atoms with E-state index >= 15 is 0 Å². The first-order valence-corrected chi connectivity index (χ1v) is 8.78. The van der Waals surface area contributed by atoms with Crippen LogP contribution in [0.3, 0.4) is 0 Å². The maximum absolute atomic E-state index is 13.9. The van der Waals surface area contributed by atoms with E-state index in [4.69, 9.17) is 0 Å². The van der Waals surface area contributed by atoms with Gasteiger partial charge in [0.25, 0.3) is 0 Å². The Labute approximate surface area is 152 Å². The lowest BCUT2D eigenvalue weighted by molar-refractivity contribution is 0.238. The average Bonchev–Trinajstić information content (AvgIpc) is 3.08. The molecule has 0 amide bonds. The van der Waals surface area contributed by atoms with Gasteiger partial charge in [0.1, 0.15) is 17.2 Å². The van der Waals surface area contributed by atoms with Crippen LogP contribution in [0.15, 0.2) is 54.6 Å². The van der Waals surface area contributed by atoms with Gasteiger partial charge in [-0.15, -0.1) is 0 Å². The van der Waals surface area contributed by atoms with Crippen LogP contribution in [0.4, 0.5) is 4.39 Å². The standard InChI is InChI=1S/C20H23FN4O/c1-2-17(14-26)22-12-19-20(15-8-4-3-5-9-15)24-25(23-19)13-16-10-6-7-11-18(16)21/h3-11,17,22,26H,2,12-14H2,1H3/t17-/m1/s1. The zero-order valence-corrected chi connectivity index (χ0v) is 14.8. The van der Waals surface area contributed by atoms with Gasteiger partial charge in [-0.2, -0.15) is 15.0 Å². The van der Waals surface area contributed by atoms with E-state index in [1.54, 1.807) is 18.2 Å². The summed E-state index contributed by atoms with van der Waals surface area (Å²) in [5.74, 6) is -0.267. The van der Waals surface area contributed by atoms with E-state index in [-0.39, 0.29) is 25.0 Å². The van der Waals surface area contributed by atoms with E-state index < -0.39 is 0 Å². The highest BCUT2D eigenvalue weighted by molar-refractivity contribution is 5.60. The second-order valence-corrected chi connectivity index (χ2v) is 6.15. The van der Waals surface area contributed by atoms with E-state index in [2.05, 4.69) is 15.5 Å². The van der Waals surface area contributed by atoms with Gasteiger partial charge < -0.3 is 10.4 Å². The van der Waals surface area contributed by atoms with Gasteiger partial charge in [-0.05, 0) is 12.5 Å². The van der Waals surface area contributed by atoms with Crippen molar-refractivity contribution in [2.24, 2.45) is 0 Å². The summed E-state index contributed by atoms with van der Waals surface area (Å²) in [5.41, 5.74) is 3.05. The van der Waals surface area contributed by atoms with Crippen molar-refractivity contribution in [3.05, 3.63) is 71.7 Å². The number of halogens is 1. The fraction of sp³-hybridized carbons (Fsp3) is 0.300. The number of aliphatic hydroxyl groups excluding tert-OH is 1. The molecule has 0 bridgehead atoms. The lowest BCUT2D eigenvalue weighted by Crippen LogP contribution is -2.31. The number of aromatic nitrogens is 3. The Morgan fingerprint density at radius 3 is 2.50 bits per heavy atom. The molecule has 26 heavy (non-hydrogen) atoms. The molecule has 1 atom stereocenters. The molecular formula is C20H23FN4O.